The molecule has 104 valence electrons. The van der Waals surface area contributed by atoms with Crippen molar-refractivity contribution in [1.29, 1.82) is 0 Å². The molecule has 1 fully saturated rings. The number of hydrogen-bond acceptors (Lipinski definition) is 4. The second kappa shape index (κ2) is 5.36. The van der Waals surface area contributed by atoms with E-state index in [4.69, 9.17) is 0 Å². The highest BCUT2D eigenvalue weighted by atomic mass is 79.9. The molecule has 2 aromatic heterocycles. The van der Waals surface area contributed by atoms with E-state index >= 15 is 0 Å². The Bertz CT molecular complexity index is 676. The summed E-state index contributed by atoms with van der Waals surface area (Å²) in [4.78, 5) is 23.2. The van der Waals surface area contributed by atoms with Crippen LogP contribution in [-0.4, -0.2) is 20.1 Å². The zero-order chi connectivity index (χ0) is 14.1. The maximum absolute atomic E-state index is 12.2. The molecule has 1 saturated carbocycles. The van der Waals surface area contributed by atoms with Crippen molar-refractivity contribution in [3.05, 3.63) is 38.7 Å². The highest BCUT2D eigenvalue weighted by Gasteiger charge is 2.24. The quantitative estimate of drug-likeness (QED) is 0.884. The average Bonchev–Trinajstić information content (AvgIpc) is 2.92. The summed E-state index contributed by atoms with van der Waals surface area (Å²) in [7, 11) is 0. The summed E-state index contributed by atoms with van der Waals surface area (Å²) in [6, 6.07) is 3.54. The van der Waals surface area contributed by atoms with Crippen LogP contribution in [0.1, 0.15) is 37.2 Å². The van der Waals surface area contributed by atoms with E-state index in [0.717, 1.165) is 30.2 Å². The van der Waals surface area contributed by atoms with Crippen LogP contribution in [0.4, 0.5) is 0 Å². The molecule has 3 rings (SSSR count). The number of nitrogens with zero attached hydrogens (tertiary/aromatic N) is 2. The zero-order valence-electron chi connectivity index (χ0n) is 10.8. The third-order valence-corrected chi connectivity index (χ3v) is 4.14. The third-order valence-electron chi connectivity index (χ3n) is 3.67. The first-order chi connectivity index (χ1) is 9.65. The molecule has 20 heavy (non-hydrogen) atoms. The molecule has 0 aliphatic heterocycles. The van der Waals surface area contributed by atoms with E-state index in [9.17, 15) is 9.90 Å². The maximum atomic E-state index is 12.2. The van der Waals surface area contributed by atoms with E-state index in [-0.39, 0.29) is 17.4 Å². The fourth-order valence-electron chi connectivity index (χ4n) is 2.69. The van der Waals surface area contributed by atoms with Crippen LogP contribution in [0.3, 0.4) is 0 Å². The third kappa shape index (κ3) is 2.47. The first-order valence-corrected chi connectivity index (χ1v) is 7.39. The number of halogens is 1. The van der Waals surface area contributed by atoms with Crippen LogP contribution in [0.2, 0.25) is 0 Å². The van der Waals surface area contributed by atoms with Crippen molar-refractivity contribution in [3.63, 3.8) is 0 Å². The smallest absolute Gasteiger partial charge is 0.258 e. The molecule has 2 heterocycles. The minimum Gasteiger partial charge on any atom is -0.493 e. The molecule has 1 aliphatic carbocycles. The molecule has 0 amide bonds. The van der Waals surface area contributed by atoms with E-state index in [0.29, 0.717) is 17.1 Å². The number of hydrogen-bond donors (Lipinski definition) is 2. The molecule has 5 nitrogen and oxygen atoms in total. The summed E-state index contributed by atoms with van der Waals surface area (Å²) in [5, 5.41) is 10.1. The van der Waals surface area contributed by atoms with Crippen LogP contribution >= 0.6 is 15.9 Å². The fourth-order valence-corrected chi connectivity index (χ4v) is 2.92. The van der Waals surface area contributed by atoms with Gasteiger partial charge in [-0.2, -0.15) is 4.98 Å². The molecule has 0 radical (unpaired) electrons. The number of aromatic nitrogens is 3. The monoisotopic (exact) mass is 335 g/mol. The van der Waals surface area contributed by atoms with Crippen molar-refractivity contribution in [2.45, 2.75) is 31.6 Å². The van der Waals surface area contributed by atoms with E-state index in [1.54, 1.807) is 12.3 Å². The minimum atomic E-state index is -0.260. The highest BCUT2D eigenvalue weighted by Crippen LogP contribution is 2.35. The van der Waals surface area contributed by atoms with E-state index in [1.165, 1.54) is 0 Å². The Morgan fingerprint density at radius 1 is 1.30 bits per heavy atom. The lowest BCUT2D eigenvalue weighted by molar-refractivity contribution is 0.436. The highest BCUT2D eigenvalue weighted by molar-refractivity contribution is 9.10. The van der Waals surface area contributed by atoms with E-state index < -0.39 is 0 Å². The van der Waals surface area contributed by atoms with Crippen molar-refractivity contribution >= 4 is 15.9 Å². The maximum Gasteiger partial charge on any atom is 0.258 e. The van der Waals surface area contributed by atoms with Gasteiger partial charge in [0.2, 0.25) is 5.88 Å². The summed E-state index contributed by atoms with van der Waals surface area (Å²) >= 11 is 3.30. The Kier molecular flexibility index (Phi) is 3.56. The topological polar surface area (TPSA) is 78.9 Å². The summed E-state index contributed by atoms with van der Waals surface area (Å²) < 4.78 is 0.843. The van der Waals surface area contributed by atoms with Gasteiger partial charge in [-0.3, -0.25) is 9.78 Å². The lowest BCUT2D eigenvalue weighted by Gasteiger charge is -2.10. The van der Waals surface area contributed by atoms with Gasteiger partial charge in [0.15, 0.2) is 5.82 Å². The fraction of sp³-hybridized carbons (Fsp3) is 0.357. The molecule has 0 bridgehead atoms. The van der Waals surface area contributed by atoms with Gasteiger partial charge in [-0.05, 0) is 46.8 Å². The standard InChI is InChI=1S/C14H14BrN3O2/c15-9-5-6-10(16-7-9)12-17-13(19)11(14(20)18-12)8-3-1-2-4-8/h5-8H,1-4H2,(H2,17,18,19,20). The van der Waals surface area contributed by atoms with Gasteiger partial charge in [-0.15, -0.1) is 0 Å². The lowest BCUT2D eigenvalue weighted by Crippen LogP contribution is -2.17. The van der Waals surface area contributed by atoms with E-state index in [1.807, 2.05) is 6.07 Å². The predicted molar refractivity (Wildman–Crippen MR) is 78.7 cm³/mol. The van der Waals surface area contributed by atoms with Crippen molar-refractivity contribution in [1.82, 2.24) is 15.0 Å². The lowest BCUT2D eigenvalue weighted by atomic mass is 10.00. The van der Waals surface area contributed by atoms with Gasteiger partial charge < -0.3 is 10.1 Å². The van der Waals surface area contributed by atoms with Gasteiger partial charge >= 0.3 is 0 Å². The van der Waals surface area contributed by atoms with Crippen LogP contribution in [0.5, 0.6) is 5.88 Å². The van der Waals surface area contributed by atoms with E-state index in [2.05, 4.69) is 30.9 Å². The number of rotatable bonds is 2. The number of H-pyrrole nitrogens is 1. The van der Waals surface area contributed by atoms with Crippen molar-refractivity contribution in [3.8, 4) is 17.4 Å². The minimum absolute atomic E-state index is 0.123. The molecule has 0 unspecified atom stereocenters. The summed E-state index contributed by atoms with van der Waals surface area (Å²) in [6.45, 7) is 0. The van der Waals surface area contributed by atoms with Gasteiger partial charge in [-0.25, -0.2) is 0 Å². The molecule has 2 N–H and O–H groups in total. The first kappa shape index (κ1) is 13.3. The average molecular weight is 336 g/mol. The molecule has 0 atom stereocenters. The summed E-state index contributed by atoms with van der Waals surface area (Å²) in [5.74, 6) is 0.250. The molecule has 6 heteroatoms. The van der Waals surface area contributed by atoms with Crippen molar-refractivity contribution in [2.24, 2.45) is 0 Å². The Morgan fingerprint density at radius 3 is 2.65 bits per heavy atom. The van der Waals surface area contributed by atoms with Gasteiger partial charge in [0.25, 0.3) is 5.56 Å². The summed E-state index contributed by atoms with van der Waals surface area (Å²) in [5.41, 5.74) is 0.686. The number of aromatic hydroxyl groups is 1. The van der Waals surface area contributed by atoms with Crippen molar-refractivity contribution < 1.29 is 5.11 Å². The Hall–Kier alpha value is -1.69. The Morgan fingerprint density at radius 2 is 2.05 bits per heavy atom. The van der Waals surface area contributed by atoms with Gasteiger partial charge in [0.1, 0.15) is 5.69 Å². The second-order valence-electron chi connectivity index (χ2n) is 4.99. The number of pyridine rings is 1. The second-order valence-corrected chi connectivity index (χ2v) is 5.91. The van der Waals surface area contributed by atoms with Gasteiger partial charge in [-0.1, -0.05) is 12.8 Å². The van der Waals surface area contributed by atoms with Crippen molar-refractivity contribution in [2.75, 3.05) is 0 Å². The predicted octanol–water partition coefficient (Wildman–Crippen LogP) is 2.96. The van der Waals surface area contributed by atoms with Crippen LogP contribution in [-0.2, 0) is 0 Å². The molecule has 2 aromatic rings. The SMILES string of the molecule is O=c1[nH]c(-c2ccc(Br)cn2)nc(O)c1C1CCCC1. The molecule has 1 aliphatic rings. The molecule has 0 saturated heterocycles. The first-order valence-electron chi connectivity index (χ1n) is 6.60. The van der Waals surface area contributed by atoms with Gasteiger partial charge in [0, 0.05) is 10.7 Å². The molecule has 0 aromatic carbocycles. The Labute approximate surface area is 124 Å². The summed E-state index contributed by atoms with van der Waals surface area (Å²) in [6.07, 6.45) is 5.69. The number of aromatic amines is 1. The molecular weight excluding hydrogens is 322 g/mol. The largest absolute Gasteiger partial charge is 0.493 e. The number of nitrogens with one attached hydrogen (secondary N) is 1. The van der Waals surface area contributed by atoms with Crippen LogP contribution < -0.4 is 5.56 Å². The molecule has 0 spiro atoms. The van der Waals surface area contributed by atoms with Gasteiger partial charge in [0.05, 0.1) is 5.56 Å². The normalized spacial score (nSPS) is 15.7. The Balaban J connectivity index is 2.03. The molecular formula is C14H14BrN3O2. The van der Waals surface area contributed by atoms with Crippen LogP contribution in [0, 0.1) is 0 Å². The zero-order valence-corrected chi connectivity index (χ0v) is 12.4. The van der Waals surface area contributed by atoms with Crippen LogP contribution in [0.25, 0.3) is 11.5 Å². The van der Waals surface area contributed by atoms with Crippen LogP contribution in [0.15, 0.2) is 27.6 Å².